The van der Waals surface area contributed by atoms with Gasteiger partial charge in [0.25, 0.3) is 5.56 Å². The number of halogens is 1. The van der Waals surface area contributed by atoms with Gasteiger partial charge in [0.1, 0.15) is 11.2 Å². The first kappa shape index (κ1) is 14.4. The van der Waals surface area contributed by atoms with Crippen molar-refractivity contribution in [1.29, 1.82) is 0 Å². The molecule has 0 aliphatic rings. The molecule has 0 bridgehead atoms. The monoisotopic (exact) mass is 280 g/mol. The number of rotatable bonds is 5. The van der Waals surface area contributed by atoms with Gasteiger partial charge in [-0.05, 0) is 38.7 Å². The first-order valence-corrected chi connectivity index (χ1v) is 6.65. The smallest absolute Gasteiger partial charge is 0.337 e. The summed E-state index contributed by atoms with van der Waals surface area (Å²) >= 11 is 0. The van der Waals surface area contributed by atoms with Gasteiger partial charge in [-0.2, -0.15) is 4.98 Å². The lowest BCUT2D eigenvalue weighted by Crippen LogP contribution is -2.15. The van der Waals surface area contributed by atoms with E-state index in [1.807, 2.05) is 0 Å². The number of aryl methyl sites for hydroxylation is 2. The second-order valence-electron chi connectivity index (χ2n) is 4.95. The lowest BCUT2D eigenvalue weighted by atomic mass is 10.0. The van der Waals surface area contributed by atoms with E-state index < -0.39 is 11.8 Å². The molecule has 0 aromatic carbocycles. The van der Waals surface area contributed by atoms with Gasteiger partial charge in [-0.3, -0.25) is 4.79 Å². The Morgan fingerprint density at radius 2 is 2.15 bits per heavy atom. The first-order chi connectivity index (χ1) is 9.47. The molecule has 0 aliphatic heterocycles. The number of aromatic amines is 1. The number of fused-ring (bicyclic) bond motifs is 1. The summed E-state index contributed by atoms with van der Waals surface area (Å²) in [7, 11) is 0. The molecule has 2 rings (SSSR count). The minimum absolute atomic E-state index is 0.0626. The zero-order chi connectivity index (χ0) is 14.7. The van der Waals surface area contributed by atoms with Crippen LogP contribution in [-0.2, 0) is 6.42 Å². The third-order valence-corrected chi connectivity index (χ3v) is 3.11. The second-order valence-corrected chi connectivity index (χ2v) is 4.95. The Balaban J connectivity index is 2.33. The molecule has 0 saturated carbocycles. The standard InChI is InChI=1S/C14H17FN2O3/c1-8(15)5-3-4-6-10-7-11(18)20-14-12(10)13(19)16-9(2)17-14/h7-8H,3-6H2,1-2H3,(H,16,17,19). The highest BCUT2D eigenvalue weighted by Gasteiger charge is 2.11. The van der Waals surface area contributed by atoms with E-state index in [1.54, 1.807) is 6.92 Å². The summed E-state index contributed by atoms with van der Waals surface area (Å²) in [5.74, 6) is 0.397. The highest BCUT2D eigenvalue weighted by atomic mass is 19.1. The molecule has 2 heterocycles. The van der Waals surface area contributed by atoms with Crippen molar-refractivity contribution in [2.45, 2.75) is 45.7 Å². The minimum Gasteiger partial charge on any atom is -0.403 e. The van der Waals surface area contributed by atoms with Crippen LogP contribution in [-0.4, -0.2) is 16.1 Å². The van der Waals surface area contributed by atoms with Crippen LogP contribution in [0.4, 0.5) is 4.39 Å². The van der Waals surface area contributed by atoms with Gasteiger partial charge in [-0.1, -0.05) is 6.42 Å². The van der Waals surface area contributed by atoms with Gasteiger partial charge in [-0.15, -0.1) is 0 Å². The highest BCUT2D eigenvalue weighted by Crippen LogP contribution is 2.14. The zero-order valence-corrected chi connectivity index (χ0v) is 11.5. The molecular formula is C14H17FN2O3. The third kappa shape index (κ3) is 3.31. The van der Waals surface area contributed by atoms with Crippen molar-refractivity contribution in [3.8, 4) is 0 Å². The van der Waals surface area contributed by atoms with Crippen molar-refractivity contribution in [3.05, 3.63) is 38.2 Å². The topological polar surface area (TPSA) is 76.0 Å². The average molecular weight is 280 g/mol. The first-order valence-electron chi connectivity index (χ1n) is 6.65. The fourth-order valence-corrected chi connectivity index (χ4v) is 2.19. The summed E-state index contributed by atoms with van der Waals surface area (Å²) in [5, 5.41) is 0.309. The van der Waals surface area contributed by atoms with Gasteiger partial charge in [0.2, 0.25) is 5.71 Å². The van der Waals surface area contributed by atoms with Gasteiger partial charge in [-0.25, -0.2) is 9.18 Å². The average Bonchev–Trinajstić information content (AvgIpc) is 2.32. The normalized spacial score (nSPS) is 12.8. The molecule has 0 fully saturated rings. The van der Waals surface area contributed by atoms with Gasteiger partial charge >= 0.3 is 5.63 Å². The largest absolute Gasteiger partial charge is 0.403 e. The van der Waals surface area contributed by atoms with Crippen molar-refractivity contribution < 1.29 is 8.81 Å². The molecule has 1 atom stereocenters. The van der Waals surface area contributed by atoms with Crippen LogP contribution in [0.3, 0.4) is 0 Å². The molecular weight excluding hydrogens is 263 g/mol. The van der Waals surface area contributed by atoms with Crippen LogP contribution >= 0.6 is 0 Å². The van der Waals surface area contributed by atoms with Gasteiger partial charge < -0.3 is 9.40 Å². The Labute approximate surface area is 114 Å². The number of hydrogen-bond donors (Lipinski definition) is 1. The number of alkyl halides is 1. The Morgan fingerprint density at radius 1 is 1.40 bits per heavy atom. The number of H-pyrrole nitrogens is 1. The summed E-state index contributed by atoms with van der Waals surface area (Å²) in [6, 6.07) is 1.31. The molecule has 2 aromatic heterocycles. The van der Waals surface area contributed by atoms with Crippen molar-refractivity contribution in [2.24, 2.45) is 0 Å². The zero-order valence-electron chi connectivity index (χ0n) is 11.5. The molecule has 108 valence electrons. The van der Waals surface area contributed by atoms with Crippen LogP contribution in [0.1, 0.15) is 37.6 Å². The number of nitrogens with one attached hydrogen (secondary N) is 1. The SMILES string of the molecule is Cc1nc2oc(=O)cc(CCCCC(C)F)c2c(=O)[nH]1. The van der Waals surface area contributed by atoms with Crippen molar-refractivity contribution in [3.63, 3.8) is 0 Å². The molecule has 0 aliphatic carbocycles. The predicted octanol–water partition coefficient (Wildman–Crippen LogP) is 2.26. The van der Waals surface area contributed by atoms with Gasteiger partial charge in [0.15, 0.2) is 0 Å². The van der Waals surface area contributed by atoms with Crippen LogP contribution in [0.15, 0.2) is 20.1 Å². The Hall–Kier alpha value is -1.98. The van der Waals surface area contributed by atoms with Gasteiger partial charge in [0, 0.05) is 6.07 Å². The summed E-state index contributed by atoms with van der Waals surface area (Å²) in [5.41, 5.74) is -0.168. The molecule has 20 heavy (non-hydrogen) atoms. The van der Waals surface area contributed by atoms with E-state index in [0.717, 1.165) is 0 Å². The van der Waals surface area contributed by atoms with E-state index in [9.17, 15) is 14.0 Å². The molecule has 0 amide bonds. The van der Waals surface area contributed by atoms with Crippen LogP contribution in [0.5, 0.6) is 0 Å². The molecule has 2 aromatic rings. The van der Waals surface area contributed by atoms with Crippen molar-refractivity contribution in [2.75, 3.05) is 0 Å². The molecule has 0 saturated heterocycles. The van der Waals surface area contributed by atoms with Crippen LogP contribution in [0.25, 0.3) is 11.1 Å². The maximum Gasteiger partial charge on any atom is 0.337 e. The Kier molecular flexibility index (Phi) is 4.32. The Bertz CT molecular complexity index is 718. The van der Waals surface area contributed by atoms with E-state index in [2.05, 4.69) is 9.97 Å². The molecule has 1 N–H and O–H groups in total. The number of hydrogen-bond acceptors (Lipinski definition) is 4. The quantitative estimate of drug-likeness (QED) is 0.852. The van der Waals surface area contributed by atoms with Crippen LogP contribution in [0, 0.1) is 6.92 Å². The van der Waals surface area contributed by atoms with E-state index in [1.165, 1.54) is 13.0 Å². The Morgan fingerprint density at radius 3 is 2.85 bits per heavy atom. The van der Waals surface area contributed by atoms with E-state index in [0.29, 0.717) is 42.5 Å². The molecule has 0 radical (unpaired) electrons. The van der Waals surface area contributed by atoms with Crippen LogP contribution in [0.2, 0.25) is 0 Å². The summed E-state index contributed by atoms with van der Waals surface area (Å²) in [6.07, 6.45) is 1.59. The van der Waals surface area contributed by atoms with E-state index >= 15 is 0 Å². The van der Waals surface area contributed by atoms with E-state index in [4.69, 9.17) is 4.42 Å². The van der Waals surface area contributed by atoms with Gasteiger partial charge in [0.05, 0.1) is 6.17 Å². The van der Waals surface area contributed by atoms with Crippen molar-refractivity contribution in [1.82, 2.24) is 9.97 Å². The maximum absolute atomic E-state index is 12.7. The molecule has 6 heteroatoms. The number of nitrogens with zero attached hydrogens (tertiary/aromatic N) is 1. The number of unbranched alkanes of at least 4 members (excludes halogenated alkanes) is 1. The predicted molar refractivity (Wildman–Crippen MR) is 73.8 cm³/mol. The number of aromatic nitrogens is 2. The molecule has 1 unspecified atom stereocenters. The maximum atomic E-state index is 12.7. The molecule has 0 spiro atoms. The van der Waals surface area contributed by atoms with Crippen LogP contribution < -0.4 is 11.2 Å². The van der Waals surface area contributed by atoms with Crippen molar-refractivity contribution >= 4 is 11.1 Å². The lowest BCUT2D eigenvalue weighted by molar-refractivity contribution is 0.331. The highest BCUT2D eigenvalue weighted by molar-refractivity contribution is 5.75. The lowest BCUT2D eigenvalue weighted by Gasteiger charge is -2.05. The fraction of sp³-hybridized carbons (Fsp3) is 0.500. The third-order valence-electron chi connectivity index (χ3n) is 3.11. The molecule has 5 nitrogen and oxygen atoms in total. The fourth-order valence-electron chi connectivity index (χ4n) is 2.19. The summed E-state index contributed by atoms with van der Waals surface area (Å²) in [4.78, 5) is 30.1. The summed E-state index contributed by atoms with van der Waals surface area (Å²) in [6.45, 7) is 3.14. The van der Waals surface area contributed by atoms with E-state index in [-0.39, 0.29) is 11.3 Å². The summed E-state index contributed by atoms with van der Waals surface area (Å²) < 4.78 is 17.7. The minimum atomic E-state index is -0.833. The second kappa shape index (κ2) is 5.98.